The standard InChI is InChI=1S/C11H27NSi2/c1-11(2,12-14-9-8-13)10-6-4-3-5-7-10/h10,12H,3-9,14H2,1-2,13H3. The molecule has 1 aliphatic rings. The van der Waals surface area contributed by atoms with Gasteiger partial charge in [-0.05, 0) is 32.6 Å². The van der Waals surface area contributed by atoms with Crippen molar-refractivity contribution in [2.45, 2.75) is 63.6 Å². The van der Waals surface area contributed by atoms with Gasteiger partial charge in [-0.25, -0.2) is 0 Å². The van der Waals surface area contributed by atoms with Gasteiger partial charge in [0.15, 0.2) is 0 Å². The summed E-state index contributed by atoms with van der Waals surface area (Å²) in [5.74, 6) is 0.956. The van der Waals surface area contributed by atoms with E-state index in [2.05, 4.69) is 18.8 Å². The van der Waals surface area contributed by atoms with E-state index in [9.17, 15) is 0 Å². The van der Waals surface area contributed by atoms with Crippen molar-refractivity contribution in [2.24, 2.45) is 5.92 Å². The summed E-state index contributed by atoms with van der Waals surface area (Å²) < 4.78 is 0. The molecular weight excluding hydrogens is 202 g/mol. The summed E-state index contributed by atoms with van der Waals surface area (Å²) in [5, 5.41) is 0. The van der Waals surface area contributed by atoms with Crippen LogP contribution in [0.2, 0.25) is 12.1 Å². The maximum Gasteiger partial charge on any atom is 0.0918 e. The van der Waals surface area contributed by atoms with Crippen molar-refractivity contribution in [1.82, 2.24) is 4.98 Å². The first-order valence-corrected chi connectivity index (χ1v) is 9.54. The molecule has 0 radical (unpaired) electrons. The van der Waals surface area contributed by atoms with E-state index < -0.39 is 0 Å². The van der Waals surface area contributed by atoms with Crippen LogP contribution in [0, 0.1) is 5.92 Å². The Balaban J connectivity index is 2.29. The molecule has 0 aromatic carbocycles. The molecule has 0 heterocycles. The Morgan fingerprint density at radius 1 is 1.29 bits per heavy atom. The molecule has 3 heteroatoms. The fourth-order valence-electron chi connectivity index (χ4n) is 2.56. The predicted molar refractivity (Wildman–Crippen MR) is 71.9 cm³/mol. The van der Waals surface area contributed by atoms with Gasteiger partial charge in [0.2, 0.25) is 0 Å². The lowest BCUT2D eigenvalue weighted by Crippen LogP contribution is -2.48. The molecule has 0 aromatic heterocycles. The summed E-state index contributed by atoms with van der Waals surface area (Å²) in [6.07, 6.45) is 7.35. The molecule has 0 bridgehead atoms. The highest BCUT2D eigenvalue weighted by atomic mass is 28.2. The first-order chi connectivity index (χ1) is 6.67. The molecular formula is C11H27NSi2. The minimum absolute atomic E-state index is 0.0468. The molecule has 0 aromatic rings. The molecule has 1 N–H and O–H groups in total. The normalized spacial score (nSPS) is 21.0. The molecule has 1 nitrogen and oxygen atoms in total. The van der Waals surface area contributed by atoms with Crippen molar-refractivity contribution >= 4 is 19.9 Å². The Hall–Kier alpha value is 0.394. The minimum Gasteiger partial charge on any atom is -0.337 e. The molecule has 1 rings (SSSR count). The van der Waals surface area contributed by atoms with Crippen LogP contribution in [-0.4, -0.2) is 25.5 Å². The van der Waals surface area contributed by atoms with E-state index in [0.717, 1.165) is 5.92 Å². The average molecular weight is 230 g/mol. The summed E-state index contributed by atoms with van der Waals surface area (Å²) in [5.41, 5.74) is 0.448. The molecule has 0 spiro atoms. The van der Waals surface area contributed by atoms with Crippen LogP contribution in [0.15, 0.2) is 0 Å². The number of nitrogens with one attached hydrogen (secondary N) is 1. The molecule has 0 unspecified atom stereocenters. The van der Waals surface area contributed by atoms with Gasteiger partial charge < -0.3 is 4.98 Å². The third-order valence-corrected chi connectivity index (χ3v) is 8.08. The van der Waals surface area contributed by atoms with Crippen LogP contribution in [0.1, 0.15) is 46.0 Å². The first kappa shape index (κ1) is 12.5. The SMILES string of the molecule is CC(C)(N[SiH2]CC[SiH3])C1CCCCC1. The summed E-state index contributed by atoms with van der Waals surface area (Å²) in [4.78, 5) is 3.89. The van der Waals surface area contributed by atoms with Gasteiger partial charge in [0, 0.05) is 15.8 Å². The molecule has 0 aliphatic heterocycles. The zero-order chi connectivity index (χ0) is 10.4. The highest BCUT2D eigenvalue weighted by Gasteiger charge is 2.29. The first-order valence-electron chi connectivity index (χ1n) is 6.42. The molecule has 0 atom stereocenters. The van der Waals surface area contributed by atoms with Crippen LogP contribution in [-0.2, 0) is 0 Å². The van der Waals surface area contributed by atoms with Crippen molar-refractivity contribution in [3.8, 4) is 0 Å². The maximum atomic E-state index is 3.89. The van der Waals surface area contributed by atoms with Crippen molar-refractivity contribution in [2.75, 3.05) is 0 Å². The lowest BCUT2D eigenvalue weighted by Gasteiger charge is -2.38. The van der Waals surface area contributed by atoms with Crippen molar-refractivity contribution in [3.63, 3.8) is 0 Å². The van der Waals surface area contributed by atoms with E-state index in [4.69, 9.17) is 0 Å². The van der Waals surface area contributed by atoms with Gasteiger partial charge in [0.1, 0.15) is 0 Å². The highest BCUT2D eigenvalue weighted by Crippen LogP contribution is 2.32. The second kappa shape index (κ2) is 6.08. The van der Waals surface area contributed by atoms with Gasteiger partial charge in [0.05, 0.1) is 9.68 Å². The molecule has 0 amide bonds. The Labute approximate surface area is 94.8 Å². The molecule has 1 aliphatic carbocycles. The fraction of sp³-hybridized carbons (Fsp3) is 1.00. The van der Waals surface area contributed by atoms with Crippen LogP contribution >= 0.6 is 0 Å². The third kappa shape index (κ3) is 3.87. The monoisotopic (exact) mass is 229 g/mol. The van der Waals surface area contributed by atoms with Crippen LogP contribution in [0.4, 0.5) is 0 Å². The zero-order valence-corrected chi connectivity index (χ0v) is 13.6. The average Bonchev–Trinajstić information content (AvgIpc) is 2.19. The van der Waals surface area contributed by atoms with Gasteiger partial charge in [-0.1, -0.05) is 31.4 Å². The summed E-state index contributed by atoms with van der Waals surface area (Å²) in [6.45, 7) is 4.87. The quantitative estimate of drug-likeness (QED) is 0.552. The van der Waals surface area contributed by atoms with Crippen molar-refractivity contribution in [3.05, 3.63) is 0 Å². The second-order valence-electron chi connectivity index (χ2n) is 5.34. The van der Waals surface area contributed by atoms with E-state index in [1.165, 1.54) is 54.4 Å². The van der Waals surface area contributed by atoms with Gasteiger partial charge in [0.25, 0.3) is 0 Å². The zero-order valence-electron chi connectivity index (χ0n) is 10.2. The number of rotatable bonds is 5. The Morgan fingerprint density at radius 3 is 2.50 bits per heavy atom. The Kier molecular flexibility index (Phi) is 5.41. The Bertz CT molecular complexity index is 153. The third-order valence-electron chi connectivity index (χ3n) is 3.74. The van der Waals surface area contributed by atoms with E-state index in [1.807, 2.05) is 0 Å². The molecule has 1 saturated carbocycles. The van der Waals surface area contributed by atoms with Crippen LogP contribution < -0.4 is 4.98 Å². The van der Waals surface area contributed by atoms with Crippen molar-refractivity contribution < 1.29 is 0 Å². The van der Waals surface area contributed by atoms with Gasteiger partial charge in [-0.3, -0.25) is 0 Å². The molecule has 1 fully saturated rings. The fourth-order valence-corrected chi connectivity index (χ4v) is 5.08. The summed E-state index contributed by atoms with van der Waals surface area (Å²) >= 11 is 0. The van der Waals surface area contributed by atoms with Crippen LogP contribution in [0.5, 0.6) is 0 Å². The number of hydrogen-bond acceptors (Lipinski definition) is 1. The van der Waals surface area contributed by atoms with Crippen molar-refractivity contribution in [1.29, 1.82) is 0 Å². The predicted octanol–water partition coefficient (Wildman–Crippen LogP) is 1.22. The van der Waals surface area contributed by atoms with Gasteiger partial charge in [-0.15, -0.1) is 0 Å². The Morgan fingerprint density at radius 2 is 1.93 bits per heavy atom. The minimum atomic E-state index is 0.0468. The molecule has 0 saturated heterocycles. The van der Waals surface area contributed by atoms with E-state index >= 15 is 0 Å². The highest BCUT2D eigenvalue weighted by molar-refractivity contribution is 6.34. The largest absolute Gasteiger partial charge is 0.337 e. The van der Waals surface area contributed by atoms with Crippen LogP contribution in [0.25, 0.3) is 0 Å². The second-order valence-corrected chi connectivity index (χ2v) is 7.90. The van der Waals surface area contributed by atoms with Gasteiger partial charge in [-0.2, -0.15) is 0 Å². The van der Waals surface area contributed by atoms with E-state index in [0.29, 0.717) is 5.54 Å². The summed E-state index contributed by atoms with van der Waals surface area (Å²) in [7, 11) is 1.44. The van der Waals surface area contributed by atoms with Crippen LogP contribution in [0.3, 0.4) is 0 Å². The number of hydrogen-bond donors (Lipinski definition) is 1. The lowest BCUT2D eigenvalue weighted by atomic mass is 9.77. The van der Waals surface area contributed by atoms with Gasteiger partial charge >= 0.3 is 0 Å². The maximum absolute atomic E-state index is 3.89. The molecule has 14 heavy (non-hydrogen) atoms. The smallest absolute Gasteiger partial charge is 0.0918 e. The van der Waals surface area contributed by atoms with E-state index in [1.54, 1.807) is 0 Å². The lowest BCUT2D eigenvalue weighted by molar-refractivity contribution is 0.222. The molecule has 84 valence electrons. The van der Waals surface area contributed by atoms with E-state index in [-0.39, 0.29) is 9.68 Å². The summed E-state index contributed by atoms with van der Waals surface area (Å²) in [6, 6.07) is 3.02. The topological polar surface area (TPSA) is 12.0 Å².